The molecule has 0 aliphatic carbocycles. The van der Waals surface area contributed by atoms with Crippen LogP contribution in [0.5, 0.6) is 0 Å². The number of hydrogen-bond donors (Lipinski definition) is 2. The number of benzene rings is 1. The summed E-state index contributed by atoms with van der Waals surface area (Å²) in [6.07, 6.45) is 0.717. The summed E-state index contributed by atoms with van der Waals surface area (Å²) in [7, 11) is 0. The molecule has 1 aromatic carbocycles. The van der Waals surface area contributed by atoms with E-state index in [0.29, 0.717) is 13.0 Å². The molecule has 0 bridgehead atoms. The molecule has 0 aliphatic heterocycles. The Morgan fingerprint density at radius 2 is 2.00 bits per heavy atom. The molecule has 0 saturated heterocycles. The van der Waals surface area contributed by atoms with Crippen molar-refractivity contribution in [3.05, 3.63) is 35.4 Å². The molecule has 1 atom stereocenters. The third kappa shape index (κ3) is 2.14. The lowest BCUT2D eigenvalue weighted by atomic mass is 9.78. The number of rotatable bonds is 4. The van der Waals surface area contributed by atoms with Crippen LogP contribution in [0.2, 0.25) is 0 Å². The highest BCUT2D eigenvalue weighted by Crippen LogP contribution is 2.28. The molecule has 1 aromatic rings. The number of hydrogen-bond acceptors (Lipinski definition) is 2. The first-order chi connectivity index (χ1) is 6.64. The van der Waals surface area contributed by atoms with Crippen LogP contribution in [-0.2, 0) is 5.41 Å². The van der Waals surface area contributed by atoms with Crippen LogP contribution in [0, 0.1) is 6.92 Å². The van der Waals surface area contributed by atoms with Crippen molar-refractivity contribution in [3.8, 4) is 0 Å². The summed E-state index contributed by atoms with van der Waals surface area (Å²) in [6.45, 7) is 4.94. The lowest BCUT2D eigenvalue weighted by Crippen LogP contribution is -2.33. The van der Waals surface area contributed by atoms with Crippen molar-refractivity contribution < 1.29 is 5.11 Å². The van der Waals surface area contributed by atoms with Gasteiger partial charge in [0.05, 0.1) is 0 Å². The van der Waals surface area contributed by atoms with Crippen molar-refractivity contribution in [2.45, 2.75) is 25.7 Å². The van der Waals surface area contributed by atoms with Crippen LogP contribution in [0.25, 0.3) is 0 Å². The second-order valence-electron chi connectivity index (χ2n) is 4.05. The van der Waals surface area contributed by atoms with Gasteiger partial charge >= 0.3 is 0 Å². The molecule has 0 aromatic heterocycles. The van der Waals surface area contributed by atoms with E-state index in [1.807, 2.05) is 12.1 Å². The van der Waals surface area contributed by atoms with E-state index in [2.05, 4.69) is 26.0 Å². The van der Waals surface area contributed by atoms with Gasteiger partial charge < -0.3 is 10.8 Å². The summed E-state index contributed by atoms with van der Waals surface area (Å²) in [5.41, 5.74) is 8.18. The molecule has 0 spiro atoms. The molecule has 2 heteroatoms. The van der Waals surface area contributed by atoms with E-state index in [1.54, 1.807) is 0 Å². The number of nitrogens with two attached hydrogens (primary N) is 1. The van der Waals surface area contributed by atoms with Gasteiger partial charge in [0, 0.05) is 18.6 Å². The second kappa shape index (κ2) is 4.58. The number of aliphatic hydroxyl groups is 1. The first-order valence-corrected chi connectivity index (χ1v) is 5.01. The minimum Gasteiger partial charge on any atom is -0.396 e. The topological polar surface area (TPSA) is 46.2 Å². The van der Waals surface area contributed by atoms with Gasteiger partial charge in [-0.2, -0.15) is 0 Å². The summed E-state index contributed by atoms with van der Waals surface area (Å²) < 4.78 is 0. The largest absolute Gasteiger partial charge is 0.396 e. The summed E-state index contributed by atoms with van der Waals surface area (Å²) >= 11 is 0. The average Bonchev–Trinajstić information content (AvgIpc) is 2.18. The highest BCUT2D eigenvalue weighted by atomic mass is 16.3. The molecule has 0 saturated carbocycles. The molecule has 78 valence electrons. The Hall–Kier alpha value is -0.860. The Labute approximate surface area is 85.8 Å². The van der Waals surface area contributed by atoms with E-state index in [-0.39, 0.29) is 12.0 Å². The zero-order valence-electron chi connectivity index (χ0n) is 8.96. The predicted molar refractivity (Wildman–Crippen MR) is 59.3 cm³/mol. The maximum Gasteiger partial charge on any atom is 0.0439 e. The second-order valence-corrected chi connectivity index (χ2v) is 4.05. The molecule has 3 N–H and O–H groups in total. The van der Waals surface area contributed by atoms with Gasteiger partial charge in [-0.15, -0.1) is 0 Å². The highest BCUT2D eigenvalue weighted by Gasteiger charge is 2.25. The van der Waals surface area contributed by atoms with Crippen LogP contribution >= 0.6 is 0 Å². The SMILES string of the molecule is Cc1ccccc1C(C)(CN)CCO. The van der Waals surface area contributed by atoms with E-state index in [0.717, 1.165) is 0 Å². The van der Waals surface area contributed by atoms with E-state index >= 15 is 0 Å². The minimum atomic E-state index is -0.0971. The van der Waals surface area contributed by atoms with Crippen LogP contribution in [-0.4, -0.2) is 18.3 Å². The lowest BCUT2D eigenvalue weighted by molar-refractivity contribution is 0.246. The van der Waals surface area contributed by atoms with Gasteiger partial charge in [0.25, 0.3) is 0 Å². The fourth-order valence-corrected chi connectivity index (χ4v) is 1.84. The molecular formula is C12H19NO. The first-order valence-electron chi connectivity index (χ1n) is 5.01. The molecule has 0 aliphatic rings. The van der Waals surface area contributed by atoms with E-state index in [1.165, 1.54) is 11.1 Å². The summed E-state index contributed by atoms with van der Waals surface area (Å²) in [6, 6.07) is 8.22. The molecule has 14 heavy (non-hydrogen) atoms. The van der Waals surface area contributed by atoms with Gasteiger partial charge in [-0.25, -0.2) is 0 Å². The Kier molecular flexibility index (Phi) is 3.67. The highest BCUT2D eigenvalue weighted by molar-refractivity contribution is 5.33. The van der Waals surface area contributed by atoms with E-state index in [9.17, 15) is 0 Å². The smallest absolute Gasteiger partial charge is 0.0439 e. The Morgan fingerprint density at radius 1 is 1.36 bits per heavy atom. The fourth-order valence-electron chi connectivity index (χ4n) is 1.84. The maximum absolute atomic E-state index is 9.03. The van der Waals surface area contributed by atoms with Crippen molar-refractivity contribution in [1.82, 2.24) is 0 Å². The number of aryl methyl sites for hydroxylation is 1. The molecule has 0 amide bonds. The van der Waals surface area contributed by atoms with Crippen molar-refractivity contribution in [2.75, 3.05) is 13.2 Å². The predicted octanol–water partition coefficient (Wildman–Crippen LogP) is 1.59. The van der Waals surface area contributed by atoms with Gasteiger partial charge in [-0.1, -0.05) is 31.2 Å². The zero-order chi connectivity index (χ0) is 10.6. The lowest BCUT2D eigenvalue weighted by Gasteiger charge is -2.29. The Morgan fingerprint density at radius 3 is 2.50 bits per heavy atom. The van der Waals surface area contributed by atoms with Gasteiger partial charge in [-0.3, -0.25) is 0 Å². The van der Waals surface area contributed by atoms with Crippen LogP contribution in [0.1, 0.15) is 24.5 Å². The standard InChI is InChI=1S/C12H19NO/c1-10-5-3-4-6-11(10)12(2,9-13)7-8-14/h3-6,14H,7-9,13H2,1-2H3. The maximum atomic E-state index is 9.03. The molecule has 0 heterocycles. The van der Waals surface area contributed by atoms with Gasteiger partial charge in [0.15, 0.2) is 0 Å². The molecule has 1 unspecified atom stereocenters. The van der Waals surface area contributed by atoms with Crippen molar-refractivity contribution in [2.24, 2.45) is 5.73 Å². The first kappa shape index (κ1) is 11.2. The zero-order valence-corrected chi connectivity index (χ0v) is 8.96. The fraction of sp³-hybridized carbons (Fsp3) is 0.500. The van der Waals surface area contributed by atoms with E-state index in [4.69, 9.17) is 10.8 Å². The summed E-state index contributed by atoms with van der Waals surface area (Å²) in [5.74, 6) is 0. The van der Waals surface area contributed by atoms with Crippen molar-refractivity contribution in [1.29, 1.82) is 0 Å². The molecule has 0 fully saturated rings. The van der Waals surface area contributed by atoms with Crippen LogP contribution in [0.3, 0.4) is 0 Å². The Bertz CT molecular complexity index is 298. The monoisotopic (exact) mass is 193 g/mol. The molecule has 2 nitrogen and oxygen atoms in total. The minimum absolute atomic E-state index is 0.0971. The van der Waals surface area contributed by atoms with E-state index < -0.39 is 0 Å². The summed E-state index contributed by atoms with van der Waals surface area (Å²) in [5, 5.41) is 9.03. The third-order valence-electron chi connectivity index (χ3n) is 2.91. The van der Waals surface area contributed by atoms with Gasteiger partial charge in [-0.05, 0) is 24.5 Å². The number of aliphatic hydroxyl groups excluding tert-OH is 1. The molecular weight excluding hydrogens is 174 g/mol. The van der Waals surface area contributed by atoms with Crippen LogP contribution in [0.4, 0.5) is 0 Å². The Balaban J connectivity index is 3.05. The average molecular weight is 193 g/mol. The van der Waals surface area contributed by atoms with Crippen LogP contribution in [0.15, 0.2) is 24.3 Å². The van der Waals surface area contributed by atoms with Crippen molar-refractivity contribution in [3.63, 3.8) is 0 Å². The quantitative estimate of drug-likeness (QED) is 0.763. The molecule has 1 rings (SSSR count). The molecule has 0 radical (unpaired) electrons. The van der Waals surface area contributed by atoms with Crippen molar-refractivity contribution >= 4 is 0 Å². The van der Waals surface area contributed by atoms with Crippen LogP contribution < -0.4 is 5.73 Å². The van der Waals surface area contributed by atoms with Gasteiger partial charge in [0.1, 0.15) is 0 Å². The third-order valence-corrected chi connectivity index (χ3v) is 2.91. The van der Waals surface area contributed by atoms with Gasteiger partial charge in [0.2, 0.25) is 0 Å². The summed E-state index contributed by atoms with van der Waals surface area (Å²) in [4.78, 5) is 0. The normalized spacial score (nSPS) is 15.1.